The molecule has 7 heteroatoms. The maximum Gasteiger partial charge on any atom is 0.247 e. The highest BCUT2D eigenvalue weighted by molar-refractivity contribution is 5.80. The Hall–Kier alpha value is -2.44. The molecule has 0 saturated carbocycles. The van der Waals surface area contributed by atoms with Crippen molar-refractivity contribution in [1.29, 1.82) is 0 Å². The molecule has 2 aromatic rings. The molecule has 1 saturated heterocycles. The van der Waals surface area contributed by atoms with E-state index < -0.39 is 0 Å². The van der Waals surface area contributed by atoms with Crippen molar-refractivity contribution in [2.24, 2.45) is 0 Å². The lowest BCUT2D eigenvalue weighted by Crippen LogP contribution is -2.39. The first kappa shape index (κ1) is 17.4. The topological polar surface area (TPSA) is 67.2 Å². The summed E-state index contributed by atoms with van der Waals surface area (Å²) in [4.78, 5) is 17.1. The highest BCUT2D eigenvalue weighted by atomic mass is 16.2. The fourth-order valence-corrected chi connectivity index (χ4v) is 3.33. The van der Waals surface area contributed by atoms with Gasteiger partial charge in [-0.3, -0.25) is 9.48 Å². The Balaban J connectivity index is 1.67. The van der Waals surface area contributed by atoms with Crippen LogP contribution in [-0.4, -0.2) is 57.0 Å². The molecule has 0 unspecified atom stereocenters. The minimum atomic E-state index is -0.278. The monoisotopic (exact) mass is 342 g/mol. The highest BCUT2D eigenvalue weighted by Gasteiger charge is 2.26. The Labute approximate surface area is 148 Å². The van der Waals surface area contributed by atoms with Gasteiger partial charge in [0.15, 0.2) is 5.82 Å². The number of rotatable bonds is 3. The number of nitrogens with zero attached hydrogens (tertiary/aromatic N) is 6. The van der Waals surface area contributed by atoms with Crippen molar-refractivity contribution in [2.75, 3.05) is 31.1 Å². The summed E-state index contributed by atoms with van der Waals surface area (Å²) in [6, 6.07) is 5.70. The van der Waals surface area contributed by atoms with E-state index in [-0.39, 0.29) is 11.9 Å². The molecule has 0 radical (unpaired) electrons. The second-order valence-corrected chi connectivity index (χ2v) is 6.75. The molecule has 1 fully saturated rings. The van der Waals surface area contributed by atoms with Gasteiger partial charge in [-0.25, -0.2) is 0 Å². The lowest BCUT2D eigenvalue weighted by atomic mass is 10.2. The van der Waals surface area contributed by atoms with E-state index in [9.17, 15) is 4.79 Å². The molecular weight excluding hydrogens is 316 g/mol. The Bertz CT molecular complexity index is 739. The molecule has 25 heavy (non-hydrogen) atoms. The van der Waals surface area contributed by atoms with Crippen LogP contribution in [0.15, 0.2) is 18.2 Å². The summed E-state index contributed by atoms with van der Waals surface area (Å²) in [5, 5.41) is 12.9. The number of carbonyl (C=O) groups is 1. The van der Waals surface area contributed by atoms with Crippen molar-refractivity contribution in [3.8, 4) is 0 Å². The molecule has 1 aliphatic heterocycles. The fourth-order valence-electron chi connectivity index (χ4n) is 3.33. The fraction of sp³-hybridized carbons (Fsp3) is 0.556. The van der Waals surface area contributed by atoms with Crippen LogP contribution in [0.5, 0.6) is 0 Å². The normalized spacial score (nSPS) is 16.6. The Kier molecular flexibility index (Phi) is 5.01. The lowest BCUT2D eigenvalue weighted by molar-refractivity contribution is -0.134. The van der Waals surface area contributed by atoms with Gasteiger partial charge >= 0.3 is 0 Å². The third-order valence-corrected chi connectivity index (χ3v) is 4.68. The molecule has 1 aliphatic rings. The summed E-state index contributed by atoms with van der Waals surface area (Å²) in [5.74, 6) is 1.01. The van der Waals surface area contributed by atoms with E-state index in [1.807, 2.05) is 55.5 Å². The summed E-state index contributed by atoms with van der Waals surface area (Å²) in [5.41, 5.74) is 2.87. The number of anilines is 1. The van der Waals surface area contributed by atoms with Gasteiger partial charge in [0.2, 0.25) is 5.91 Å². The van der Waals surface area contributed by atoms with E-state index in [1.165, 1.54) is 0 Å². The van der Waals surface area contributed by atoms with Crippen LogP contribution in [0.1, 0.15) is 36.5 Å². The molecule has 1 amide bonds. The first-order valence-corrected chi connectivity index (χ1v) is 8.82. The third-order valence-electron chi connectivity index (χ3n) is 4.68. The van der Waals surface area contributed by atoms with Crippen LogP contribution in [-0.2, 0) is 4.79 Å². The Morgan fingerprint density at radius 1 is 1.04 bits per heavy atom. The first-order valence-electron chi connectivity index (χ1n) is 8.82. The molecule has 0 aliphatic carbocycles. The number of carbonyl (C=O) groups excluding carboxylic acids is 1. The van der Waals surface area contributed by atoms with Crippen LogP contribution in [0.25, 0.3) is 0 Å². The molecule has 7 nitrogen and oxygen atoms in total. The van der Waals surface area contributed by atoms with Gasteiger partial charge in [-0.2, -0.15) is 10.2 Å². The van der Waals surface area contributed by atoms with Crippen molar-refractivity contribution in [3.05, 3.63) is 35.3 Å². The summed E-state index contributed by atoms with van der Waals surface area (Å²) in [6.07, 6.45) is 0.922. The van der Waals surface area contributed by atoms with Gasteiger partial charge in [0, 0.05) is 31.9 Å². The largest absolute Gasteiger partial charge is 0.353 e. The minimum Gasteiger partial charge on any atom is -0.353 e. The van der Waals surface area contributed by atoms with Gasteiger partial charge in [0.25, 0.3) is 0 Å². The predicted octanol–water partition coefficient (Wildman–Crippen LogP) is 1.90. The van der Waals surface area contributed by atoms with E-state index in [1.54, 1.807) is 0 Å². The van der Waals surface area contributed by atoms with Gasteiger partial charge in [-0.15, -0.1) is 5.10 Å². The van der Waals surface area contributed by atoms with E-state index in [0.717, 1.165) is 49.0 Å². The van der Waals surface area contributed by atoms with E-state index in [0.29, 0.717) is 6.54 Å². The number of amides is 1. The maximum atomic E-state index is 12.9. The number of aryl methyl sites for hydroxylation is 3. The molecule has 3 heterocycles. The van der Waals surface area contributed by atoms with Crippen LogP contribution in [0.4, 0.5) is 5.82 Å². The van der Waals surface area contributed by atoms with Crippen molar-refractivity contribution in [2.45, 2.75) is 40.2 Å². The van der Waals surface area contributed by atoms with Gasteiger partial charge < -0.3 is 9.80 Å². The van der Waals surface area contributed by atoms with Gasteiger partial charge in [-0.1, -0.05) is 0 Å². The van der Waals surface area contributed by atoms with Crippen molar-refractivity contribution in [3.63, 3.8) is 0 Å². The Morgan fingerprint density at radius 2 is 1.84 bits per heavy atom. The SMILES string of the molecule is Cc1ccc(N2CCCN(C(=O)[C@@H](C)n3nc(C)cc3C)CC2)nn1. The molecular formula is C18H26N6O. The van der Waals surface area contributed by atoms with Crippen LogP contribution >= 0.6 is 0 Å². The summed E-state index contributed by atoms with van der Waals surface area (Å²) >= 11 is 0. The van der Waals surface area contributed by atoms with Crippen molar-refractivity contribution < 1.29 is 4.79 Å². The first-order chi connectivity index (χ1) is 12.0. The quantitative estimate of drug-likeness (QED) is 0.852. The smallest absolute Gasteiger partial charge is 0.247 e. The van der Waals surface area contributed by atoms with Gasteiger partial charge in [0.05, 0.1) is 11.4 Å². The standard InChI is InChI=1S/C18H26N6O/c1-13-6-7-17(20-19-13)22-8-5-9-23(11-10-22)18(25)16(4)24-15(3)12-14(2)21-24/h6-7,12,16H,5,8-11H2,1-4H3/t16-/m1/s1. The lowest BCUT2D eigenvalue weighted by Gasteiger charge is -2.25. The molecule has 2 aromatic heterocycles. The zero-order valence-electron chi connectivity index (χ0n) is 15.4. The number of aromatic nitrogens is 4. The van der Waals surface area contributed by atoms with Crippen molar-refractivity contribution >= 4 is 11.7 Å². The molecule has 0 bridgehead atoms. The number of hydrogen-bond donors (Lipinski definition) is 0. The zero-order chi connectivity index (χ0) is 18.0. The van der Waals surface area contributed by atoms with Crippen molar-refractivity contribution in [1.82, 2.24) is 24.9 Å². The molecule has 0 aromatic carbocycles. The maximum absolute atomic E-state index is 12.9. The molecule has 1 atom stereocenters. The van der Waals surface area contributed by atoms with E-state index in [4.69, 9.17) is 0 Å². The summed E-state index contributed by atoms with van der Waals surface area (Å²) in [6.45, 7) is 10.9. The highest BCUT2D eigenvalue weighted by Crippen LogP contribution is 2.17. The minimum absolute atomic E-state index is 0.128. The molecule has 0 spiro atoms. The molecule has 134 valence electrons. The summed E-state index contributed by atoms with van der Waals surface area (Å²) < 4.78 is 1.83. The van der Waals surface area contributed by atoms with Crippen LogP contribution in [0.2, 0.25) is 0 Å². The van der Waals surface area contributed by atoms with Gasteiger partial charge in [0.1, 0.15) is 6.04 Å². The average molecular weight is 342 g/mol. The van der Waals surface area contributed by atoms with Crippen LogP contribution in [0.3, 0.4) is 0 Å². The van der Waals surface area contributed by atoms with Crippen LogP contribution in [0, 0.1) is 20.8 Å². The average Bonchev–Trinajstić information content (AvgIpc) is 2.79. The second kappa shape index (κ2) is 7.21. The Morgan fingerprint density at radius 3 is 2.48 bits per heavy atom. The van der Waals surface area contributed by atoms with Crippen LogP contribution < -0.4 is 4.90 Å². The molecule has 3 rings (SSSR count). The second-order valence-electron chi connectivity index (χ2n) is 6.75. The third kappa shape index (κ3) is 3.81. The number of hydrogen-bond acceptors (Lipinski definition) is 5. The van der Waals surface area contributed by atoms with E-state index in [2.05, 4.69) is 20.2 Å². The predicted molar refractivity (Wildman–Crippen MR) is 96.6 cm³/mol. The van der Waals surface area contributed by atoms with E-state index >= 15 is 0 Å². The van der Waals surface area contributed by atoms with Gasteiger partial charge in [-0.05, 0) is 52.3 Å². The zero-order valence-corrected chi connectivity index (χ0v) is 15.4. The summed E-state index contributed by atoms with van der Waals surface area (Å²) in [7, 11) is 0. The molecule has 0 N–H and O–H groups in total.